The van der Waals surface area contributed by atoms with Gasteiger partial charge in [0.1, 0.15) is 6.61 Å². The molecule has 0 spiro atoms. The molecular formula is C17H20BrNO3. The van der Waals surface area contributed by atoms with Crippen LogP contribution in [-0.4, -0.2) is 22.8 Å². The van der Waals surface area contributed by atoms with Crippen molar-refractivity contribution in [1.82, 2.24) is 4.40 Å². The molecule has 5 heteroatoms. The first-order valence-electron chi connectivity index (χ1n) is 7.24. The van der Waals surface area contributed by atoms with E-state index in [2.05, 4.69) is 22.9 Å². The Labute approximate surface area is 138 Å². The molecule has 0 aliphatic carbocycles. The molecule has 118 valence electrons. The minimum atomic E-state index is -0.763. The number of hydrogen-bond donors (Lipinski definition) is 0. The summed E-state index contributed by atoms with van der Waals surface area (Å²) in [6.45, 7) is 7.08. The average Bonchev–Trinajstić information content (AvgIpc) is 2.82. The maximum absolute atomic E-state index is 12.9. The number of ether oxygens (including phenoxy) is 1. The van der Waals surface area contributed by atoms with Crippen molar-refractivity contribution in [2.24, 2.45) is 5.41 Å². The van der Waals surface area contributed by atoms with Crippen molar-refractivity contribution < 1.29 is 14.3 Å². The van der Waals surface area contributed by atoms with Gasteiger partial charge < -0.3 is 9.14 Å². The van der Waals surface area contributed by atoms with E-state index in [1.54, 1.807) is 13.8 Å². The van der Waals surface area contributed by atoms with E-state index in [0.717, 1.165) is 22.1 Å². The molecule has 0 saturated heterocycles. The smallest absolute Gasteiger partial charge is 0.302 e. The fourth-order valence-corrected chi connectivity index (χ4v) is 2.74. The molecule has 2 heterocycles. The lowest BCUT2D eigenvalue weighted by Gasteiger charge is -2.22. The Kier molecular flexibility index (Phi) is 4.75. The molecule has 0 aromatic carbocycles. The molecule has 0 aliphatic rings. The Morgan fingerprint density at radius 2 is 2.00 bits per heavy atom. The Hall–Kier alpha value is -1.62. The van der Waals surface area contributed by atoms with E-state index >= 15 is 0 Å². The van der Waals surface area contributed by atoms with E-state index in [9.17, 15) is 9.59 Å². The normalized spacial score (nSPS) is 11.7. The number of ketones is 1. The van der Waals surface area contributed by atoms with Gasteiger partial charge in [0, 0.05) is 28.9 Å². The van der Waals surface area contributed by atoms with E-state index < -0.39 is 5.41 Å². The molecule has 2 aromatic heterocycles. The van der Waals surface area contributed by atoms with Crippen LogP contribution in [0.5, 0.6) is 0 Å². The first-order valence-corrected chi connectivity index (χ1v) is 8.03. The molecule has 4 nitrogen and oxygen atoms in total. The molecule has 0 aliphatic heterocycles. The summed E-state index contributed by atoms with van der Waals surface area (Å²) in [5.41, 5.74) is 1.84. The van der Waals surface area contributed by atoms with E-state index in [1.807, 2.05) is 28.8 Å². The third-order valence-electron chi connectivity index (χ3n) is 3.67. The zero-order valence-electron chi connectivity index (χ0n) is 13.3. The lowest BCUT2D eigenvalue weighted by Crippen LogP contribution is -2.30. The molecule has 2 rings (SSSR count). The first kappa shape index (κ1) is 16.7. The van der Waals surface area contributed by atoms with Crippen LogP contribution in [0.25, 0.3) is 5.52 Å². The summed E-state index contributed by atoms with van der Waals surface area (Å²) in [4.78, 5) is 23.9. The summed E-state index contributed by atoms with van der Waals surface area (Å²) in [7, 11) is 0. The van der Waals surface area contributed by atoms with Gasteiger partial charge in [0.25, 0.3) is 0 Å². The summed E-state index contributed by atoms with van der Waals surface area (Å²) in [5, 5.41) is 0. The molecule has 0 atom stereocenters. The van der Waals surface area contributed by atoms with Crippen LogP contribution in [0.2, 0.25) is 0 Å². The fraction of sp³-hybridized carbons (Fsp3) is 0.412. The van der Waals surface area contributed by atoms with Crippen molar-refractivity contribution in [2.45, 2.75) is 34.1 Å². The Morgan fingerprint density at radius 1 is 1.32 bits per heavy atom. The number of aryl methyl sites for hydroxylation is 1. The molecule has 0 fully saturated rings. The number of halogens is 1. The topological polar surface area (TPSA) is 47.8 Å². The zero-order valence-corrected chi connectivity index (χ0v) is 14.9. The van der Waals surface area contributed by atoms with Gasteiger partial charge in [-0.1, -0.05) is 22.9 Å². The van der Waals surface area contributed by atoms with Gasteiger partial charge in [0.05, 0.1) is 10.9 Å². The van der Waals surface area contributed by atoms with E-state index in [0.29, 0.717) is 5.56 Å². The average molecular weight is 366 g/mol. The van der Waals surface area contributed by atoms with Crippen molar-refractivity contribution in [3.8, 4) is 0 Å². The van der Waals surface area contributed by atoms with Gasteiger partial charge >= 0.3 is 5.97 Å². The maximum atomic E-state index is 12.9. The minimum absolute atomic E-state index is 0.0240. The molecule has 22 heavy (non-hydrogen) atoms. The van der Waals surface area contributed by atoms with Crippen LogP contribution in [0.1, 0.15) is 43.7 Å². The van der Waals surface area contributed by atoms with Crippen molar-refractivity contribution in [3.63, 3.8) is 0 Å². The Morgan fingerprint density at radius 3 is 2.59 bits per heavy atom. The zero-order chi connectivity index (χ0) is 16.5. The highest BCUT2D eigenvalue weighted by Crippen LogP contribution is 2.29. The number of rotatable bonds is 5. The van der Waals surface area contributed by atoms with Crippen LogP contribution < -0.4 is 0 Å². The summed E-state index contributed by atoms with van der Waals surface area (Å²) in [6.07, 6.45) is 2.79. The van der Waals surface area contributed by atoms with Crippen LogP contribution in [0.15, 0.2) is 28.9 Å². The number of Topliss-reactive ketones (excluding diaryl/α,β-unsaturated/α-hetero) is 1. The molecule has 0 radical (unpaired) electrons. The first-order chi connectivity index (χ1) is 10.3. The molecule has 0 N–H and O–H groups in total. The molecule has 2 aromatic rings. The summed E-state index contributed by atoms with van der Waals surface area (Å²) in [5.74, 6) is -0.399. The summed E-state index contributed by atoms with van der Waals surface area (Å²) in [6, 6.07) is 5.82. The molecular weight excluding hydrogens is 346 g/mol. The highest BCUT2D eigenvalue weighted by molar-refractivity contribution is 9.10. The quantitative estimate of drug-likeness (QED) is 0.593. The largest absolute Gasteiger partial charge is 0.465 e. The Balaban J connectivity index is 2.47. The van der Waals surface area contributed by atoms with Crippen molar-refractivity contribution in [3.05, 3.63) is 40.1 Å². The van der Waals surface area contributed by atoms with Crippen LogP contribution in [-0.2, 0) is 16.0 Å². The maximum Gasteiger partial charge on any atom is 0.302 e. The fourth-order valence-electron chi connectivity index (χ4n) is 2.41. The third-order valence-corrected chi connectivity index (χ3v) is 4.16. The number of fused-ring (bicyclic) bond motifs is 1. The predicted octanol–water partition coefficient (Wildman–Crippen LogP) is 4.04. The number of carbonyl (C=O) groups excluding carboxylic acids is 2. The van der Waals surface area contributed by atoms with Gasteiger partial charge in [0.2, 0.25) is 0 Å². The number of aromatic nitrogens is 1. The second kappa shape index (κ2) is 6.24. The van der Waals surface area contributed by atoms with E-state index in [1.165, 1.54) is 6.92 Å². The third kappa shape index (κ3) is 3.24. The number of nitrogens with zero attached hydrogens (tertiary/aromatic N) is 1. The summed E-state index contributed by atoms with van der Waals surface area (Å²) >= 11 is 3.45. The van der Waals surface area contributed by atoms with Gasteiger partial charge in [-0.2, -0.15) is 0 Å². The molecule has 0 saturated carbocycles. The minimum Gasteiger partial charge on any atom is -0.465 e. The second-order valence-corrected chi connectivity index (χ2v) is 6.91. The molecule has 0 bridgehead atoms. The van der Waals surface area contributed by atoms with Crippen molar-refractivity contribution in [1.29, 1.82) is 0 Å². The van der Waals surface area contributed by atoms with E-state index in [-0.39, 0.29) is 18.4 Å². The van der Waals surface area contributed by atoms with Crippen LogP contribution >= 0.6 is 15.9 Å². The van der Waals surface area contributed by atoms with Gasteiger partial charge in [-0.05, 0) is 38.5 Å². The number of hydrogen-bond acceptors (Lipinski definition) is 3. The standard InChI is InChI=1S/C17H20BrNO3/c1-5-13-9-14(15-8-12(18)6-7-19(13)15)16(21)17(3,4)10-22-11(2)20/h6-9H,5,10H2,1-4H3. The highest BCUT2D eigenvalue weighted by Gasteiger charge is 2.32. The van der Waals surface area contributed by atoms with Crippen LogP contribution in [0.4, 0.5) is 0 Å². The number of esters is 1. The molecule has 0 unspecified atom stereocenters. The second-order valence-electron chi connectivity index (χ2n) is 6.00. The lowest BCUT2D eigenvalue weighted by atomic mass is 9.85. The van der Waals surface area contributed by atoms with Gasteiger partial charge in [-0.25, -0.2) is 0 Å². The van der Waals surface area contributed by atoms with Gasteiger partial charge in [0.15, 0.2) is 5.78 Å². The van der Waals surface area contributed by atoms with Gasteiger partial charge in [-0.3, -0.25) is 9.59 Å². The van der Waals surface area contributed by atoms with Gasteiger partial charge in [-0.15, -0.1) is 0 Å². The Bertz CT molecular complexity index is 731. The van der Waals surface area contributed by atoms with Crippen molar-refractivity contribution >= 4 is 33.2 Å². The lowest BCUT2D eigenvalue weighted by molar-refractivity contribution is -0.143. The number of carbonyl (C=O) groups is 2. The van der Waals surface area contributed by atoms with Crippen LogP contribution in [0, 0.1) is 5.41 Å². The monoisotopic (exact) mass is 365 g/mol. The predicted molar refractivity (Wildman–Crippen MR) is 89.2 cm³/mol. The van der Waals surface area contributed by atoms with Crippen LogP contribution in [0.3, 0.4) is 0 Å². The summed E-state index contributed by atoms with van der Waals surface area (Å²) < 4.78 is 7.99. The van der Waals surface area contributed by atoms with E-state index in [4.69, 9.17) is 4.74 Å². The highest BCUT2D eigenvalue weighted by atomic mass is 79.9. The van der Waals surface area contributed by atoms with Crippen molar-refractivity contribution in [2.75, 3.05) is 6.61 Å². The molecule has 0 amide bonds. The SMILES string of the molecule is CCc1cc(C(=O)C(C)(C)COC(C)=O)c2cc(Br)ccn12. The number of pyridine rings is 1.